The summed E-state index contributed by atoms with van der Waals surface area (Å²) < 4.78 is 1.17. The molecule has 0 saturated carbocycles. The van der Waals surface area contributed by atoms with Crippen LogP contribution in [0.5, 0.6) is 0 Å². The third-order valence-corrected chi connectivity index (χ3v) is 4.78. The standard InChI is InChI=1S/C13H19BrN2OS.ClH/c14-12-6-5-11(18-12)10-15-7-9-16-8-3-1-2-4-13(16)17;/h5-6,15H,1-4,7-10H2;1H. The van der Waals surface area contributed by atoms with E-state index in [2.05, 4.69) is 33.4 Å². The Morgan fingerprint density at radius 3 is 2.89 bits per heavy atom. The van der Waals surface area contributed by atoms with Crippen LogP contribution in [0.1, 0.15) is 30.6 Å². The van der Waals surface area contributed by atoms with E-state index in [0.29, 0.717) is 5.91 Å². The van der Waals surface area contributed by atoms with Crippen LogP contribution in [0.15, 0.2) is 15.9 Å². The number of nitrogens with zero attached hydrogens (tertiary/aromatic N) is 1. The van der Waals surface area contributed by atoms with Gasteiger partial charge in [0.25, 0.3) is 0 Å². The van der Waals surface area contributed by atoms with E-state index in [-0.39, 0.29) is 12.4 Å². The molecule has 1 N–H and O–H groups in total. The number of hydrogen-bond acceptors (Lipinski definition) is 3. The van der Waals surface area contributed by atoms with Crippen molar-refractivity contribution in [3.8, 4) is 0 Å². The van der Waals surface area contributed by atoms with Crippen molar-refractivity contribution in [3.05, 3.63) is 20.8 Å². The zero-order valence-corrected chi connectivity index (χ0v) is 14.1. The molecule has 1 aromatic rings. The first-order valence-electron chi connectivity index (χ1n) is 6.48. The molecule has 0 radical (unpaired) electrons. The highest BCUT2D eigenvalue weighted by molar-refractivity contribution is 9.11. The van der Waals surface area contributed by atoms with E-state index >= 15 is 0 Å². The topological polar surface area (TPSA) is 32.3 Å². The van der Waals surface area contributed by atoms with Crippen molar-refractivity contribution in [2.45, 2.75) is 32.2 Å². The molecule has 0 spiro atoms. The van der Waals surface area contributed by atoms with Gasteiger partial charge in [0.2, 0.25) is 5.91 Å². The largest absolute Gasteiger partial charge is 0.341 e. The number of rotatable bonds is 5. The van der Waals surface area contributed by atoms with Crippen molar-refractivity contribution >= 4 is 45.6 Å². The summed E-state index contributed by atoms with van der Waals surface area (Å²) in [6.45, 7) is 3.54. The fraction of sp³-hybridized carbons (Fsp3) is 0.615. The van der Waals surface area contributed by atoms with E-state index in [1.165, 1.54) is 15.1 Å². The minimum absolute atomic E-state index is 0. The Hall–Kier alpha value is -0.100. The number of nitrogens with one attached hydrogen (secondary N) is 1. The molecular formula is C13H20BrClN2OS. The number of thiophene rings is 1. The summed E-state index contributed by atoms with van der Waals surface area (Å²) >= 11 is 5.21. The maximum Gasteiger partial charge on any atom is 0.222 e. The molecule has 108 valence electrons. The number of amides is 1. The Bertz CT molecular complexity index is 400. The maximum absolute atomic E-state index is 11.8. The molecule has 1 aliphatic heterocycles. The molecule has 3 nitrogen and oxygen atoms in total. The molecule has 0 atom stereocenters. The van der Waals surface area contributed by atoms with Crippen molar-refractivity contribution in [1.82, 2.24) is 10.2 Å². The minimum Gasteiger partial charge on any atom is -0.341 e. The zero-order valence-electron chi connectivity index (χ0n) is 10.9. The van der Waals surface area contributed by atoms with Gasteiger partial charge in [-0.1, -0.05) is 6.42 Å². The molecule has 1 amide bonds. The second-order valence-electron chi connectivity index (χ2n) is 4.57. The normalized spacial score (nSPS) is 16.1. The van der Waals surface area contributed by atoms with Gasteiger partial charge in [0.05, 0.1) is 3.79 Å². The molecule has 0 aromatic carbocycles. The molecule has 0 bridgehead atoms. The fourth-order valence-electron chi connectivity index (χ4n) is 2.15. The molecule has 1 aliphatic rings. The van der Waals surface area contributed by atoms with Crippen molar-refractivity contribution < 1.29 is 4.79 Å². The van der Waals surface area contributed by atoms with E-state index in [4.69, 9.17) is 0 Å². The van der Waals surface area contributed by atoms with Gasteiger partial charge >= 0.3 is 0 Å². The third-order valence-electron chi connectivity index (χ3n) is 3.16. The van der Waals surface area contributed by atoms with Crippen LogP contribution in [0.4, 0.5) is 0 Å². The van der Waals surface area contributed by atoms with Gasteiger partial charge < -0.3 is 10.2 Å². The third kappa shape index (κ3) is 5.81. The SMILES string of the molecule is Cl.O=C1CCCCCN1CCNCc1ccc(Br)s1. The molecule has 1 saturated heterocycles. The predicted octanol–water partition coefficient (Wildman–Crippen LogP) is 3.42. The molecule has 1 aromatic heterocycles. The highest BCUT2D eigenvalue weighted by Gasteiger charge is 2.15. The van der Waals surface area contributed by atoms with Gasteiger partial charge in [-0.3, -0.25) is 4.79 Å². The van der Waals surface area contributed by atoms with Crippen LogP contribution in [-0.2, 0) is 11.3 Å². The number of halogens is 2. The quantitative estimate of drug-likeness (QED) is 0.809. The molecule has 19 heavy (non-hydrogen) atoms. The molecule has 2 heterocycles. The summed E-state index contributed by atoms with van der Waals surface area (Å²) in [4.78, 5) is 15.1. The second-order valence-corrected chi connectivity index (χ2v) is 7.12. The van der Waals surface area contributed by atoms with E-state index in [1.54, 1.807) is 11.3 Å². The van der Waals surface area contributed by atoms with E-state index in [0.717, 1.165) is 45.4 Å². The predicted molar refractivity (Wildman–Crippen MR) is 86.0 cm³/mol. The summed E-state index contributed by atoms with van der Waals surface area (Å²) in [5, 5.41) is 3.40. The van der Waals surface area contributed by atoms with E-state index in [1.807, 2.05) is 4.90 Å². The van der Waals surface area contributed by atoms with Gasteiger partial charge in [-0.2, -0.15) is 0 Å². The molecule has 2 rings (SSSR count). The average molecular weight is 368 g/mol. The first kappa shape index (κ1) is 17.0. The van der Waals surface area contributed by atoms with Crippen molar-refractivity contribution in [2.24, 2.45) is 0 Å². The number of hydrogen-bond donors (Lipinski definition) is 1. The molecular weight excluding hydrogens is 348 g/mol. The molecule has 6 heteroatoms. The van der Waals surface area contributed by atoms with Gasteiger partial charge in [-0.15, -0.1) is 23.7 Å². The molecule has 1 fully saturated rings. The average Bonchev–Trinajstić information content (AvgIpc) is 2.65. The number of carbonyl (C=O) groups excluding carboxylic acids is 1. The zero-order chi connectivity index (χ0) is 12.8. The lowest BCUT2D eigenvalue weighted by Crippen LogP contribution is -2.36. The van der Waals surface area contributed by atoms with Gasteiger partial charge in [0.15, 0.2) is 0 Å². The highest BCUT2D eigenvalue weighted by atomic mass is 79.9. The summed E-state index contributed by atoms with van der Waals surface area (Å²) in [6.07, 6.45) is 4.15. The monoisotopic (exact) mass is 366 g/mol. The van der Waals surface area contributed by atoms with E-state index < -0.39 is 0 Å². The summed E-state index contributed by atoms with van der Waals surface area (Å²) in [5.74, 6) is 0.327. The van der Waals surface area contributed by atoms with Gasteiger partial charge in [-0.05, 0) is 40.9 Å². The molecule has 0 aliphatic carbocycles. The first-order valence-corrected chi connectivity index (χ1v) is 8.09. The van der Waals surface area contributed by atoms with Crippen LogP contribution < -0.4 is 5.32 Å². The van der Waals surface area contributed by atoms with E-state index in [9.17, 15) is 4.79 Å². The summed E-state index contributed by atoms with van der Waals surface area (Å²) in [5.41, 5.74) is 0. The fourth-order valence-corrected chi connectivity index (χ4v) is 3.60. The van der Waals surface area contributed by atoms with Gasteiger partial charge in [0, 0.05) is 37.5 Å². The van der Waals surface area contributed by atoms with Crippen LogP contribution in [0.25, 0.3) is 0 Å². The second kappa shape index (κ2) is 8.95. The lowest BCUT2D eigenvalue weighted by atomic mass is 10.2. The Morgan fingerprint density at radius 1 is 1.32 bits per heavy atom. The number of carbonyl (C=O) groups is 1. The summed E-state index contributed by atoms with van der Waals surface area (Å²) in [7, 11) is 0. The minimum atomic E-state index is 0. The number of likely N-dealkylation sites (tertiary alicyclic amines) is 1. The molecule has 0 unspecified atom stereocenters. The Morgan fingerprint density at radius 2 is 2.16 bits per heavy atom. The van der Waals surface area contributed by atoms with Crippen LogP contribution in [0.2, 0.25) is 0 Å². The van der Waals surface area contributed by atoms with Crippen molar-refractivity contribution in [1.29, 1.82) is 0 Å². The van der Waals surface area contributed by atoms with Gasteiger partial charge in [-0.25, -0.2) is 0 Å². The van der Waals surface area contributed by atoms with Crippen LogP contribution in [0.3, 0.4) is 0 Å². The lowest BCUT2D eigenvalue weighted by Gasteiger charge is -2.20. The highest BCUT2D eigenvalue weighted by Crippen LogP contribution is 2.21. The first-order chi connectivity index (χ1) is 8.75. The lowest BCUT2D eigenvalue weighted by molar-refractivity contribution is -0.130. The van der Waals surface area contributed by atoms with Crippen LogP contribution >= 0.6 is 39.7 Å². The Kier molecular flexibility index (Phi) is 7.99. The maximum atomic E-state index is 11.8. The Labute approximate surface area is 133 Å². The smallest absolute Gasteiger partial charge is 0.222 e. The van der Waals surface area contributed by atoms with Crippen molar-refractivity contribution in [2.75, 3.05) is 19.6 Å². The Balaban J connectivity index is 0.00000180. The van der Waals surface area contributed by atoms with Crippen LogP contribution in [0, 0.1) is 0 Å². The van der Waals surface area contributed by atoms with Gasteiger partial charge in [0.1, 0.15) is 0 Å². The van der Waals surface area contributed by atoms with Crippen LogP contribution in [-0.4, -0.2) is 30.4 Å². The summed E-state index contributed by atoms with van der Waals surface area (Å²) in [6, 6.07) is 4.19. The van der Waals surface area contributed by atoms with Crippen molar-refractivity contribution in [3.63, 3.8) is 0 Å².